The van der Waals surface area contributed by atoms with Gasteiger partial charge in [0.05, 0.1) is 11.5 Å². The number of imidazole rings is 1. The first-order valence-corrected chi connectivity index (χ1v) is 11.9. The Kier molecular flexibility index (Phi) is 4.36. The van der Waals surface area contributed by atoms with Gasteiger partial charge in [-0.3, -0.25) is 0 Å². The van der Waals surface area contributed by atoms with Crippen LogP contribution in [0.2, 0.25) is 0 Å². The first-order chi connectivity index (χ1) is 17.6. The van der Waals surface area contributed by atoms with E-state index in [0.29, 0.717) is 28.8 Å². The molecule has 4 heterocycles. The molecule has 3 aromatic heterocycles. The maximum absolute atomic E-state index is 10.1. The normalized spacial score (nSPS) is 17.2. The zero-order valence-electron chi connectivity index (χ0n) is 19.5. The quantitative estimate of drug-likeness (QED) is 0.388. The van der Waals surface area contributed by atoms with Crippen molar-refractivity contribution in [2.24, 2.45) is 12.8 Å². The fourth-order valence-corrected chi connectivity index (χ4v) is 5.09. The summed E-state index contributed by atoms with van der Waals surface area (Å²) in [7, 11) is 1.80. The van der Waals surface area contributed by atoms with Crippen LogP contribution in [-0.4, -0.2) is 19.3 Å². The third kappa shape index (κ3) is 3.06. The molecule has 1 unspecified atom stereocenters. The van der Waals surface area contributed by atoms with Crippen molar-refractivity contribution in [1.82, 2.24) is 19.3 Å². The summed E-state index contributed by atoms with van der Waals surface area (Å²) >= 11 is 0. The van der Waals surface area contributed by atoms with Gasteiger partial charge in [0.2, 0.25) is 11.8 Å². The molecule has 0 saturated heterocycles. The van der Waals surface area contributed by atoms with Crippen LogP contribution in [0.3, 0.4) is 0 Å². The molecule has 1 atom stereocenters. The van der Waals surface area contributed by atoms with Crippen molar-refractivity contribution in [3.8, 4) is 29.1 Å². The number of hydrogen-bond donors (Lipinski definition) is 1. The molecule has 1 fully saturated rings. The predicted molar refractivity (Wildman–Crippen MR) is 133 cm³/mol. The van der Waals surface area contributed by atoms with Gasteiger partial charge in [0, 0.05) is 36.4 Å². The molecule has 36 heavy (non-hydrogen) atoms. The highest BCUT2D eigenvalue weighted by molar-refractivity contribution is 5.83. The summed E-state index contributed by atoms with van der Waals surface area (Å²) in [5.74, 6) is 2.38. The second-order valence-corrected chi connectivity index (χ2v) is 9.29. The molecular weight excluding hydrogens is 452 g/mol. The van der Waals surface area contributed by atoms with Crippen molar-refractivity contribution >= 4 is 11.0 Å². The summed E-state index contributed by atoms with van der Waals surface area (Å²) in [4.78, 5) is 4.56. The fraction of sp³-hybridized carbons (Fsp3) is 0.179. The molecule has 2 aromatic carbocycles. The van der Waals surface area contributed by atoms with E-state index in [2.05, 4.69) is 27.8 Å². The second kappa shape index (κ2) is 7.62. The molecule has 2 N–H and O–H groups in total. The van der Waals surface area contributed by atoms with Crippen LogP contribution >= 0.6 is 0 Å². The Bertz CT molecular complexity index is 1680. The number of rotatable bonds is 4. The Labute approximate surface area is 206 Å². The molecule has 5 aromatic rings. The number of nitrogens with two attached hydrogens (primary N) is 1. The smallest absolute Gasteiger partial charge is 0.224 e. The number of nitriles is 1. The number of benzene rings is 2. The van der Waals surface area contributed by atoms with Crippen LogP contribution in [0, 0.1) is 11.3 Å². The molecule has 176 valence electrons. The molecule has 8 heteroatoms. The van der Waals surface area contributed by atoms with Crippen LogP contribution in [0.5, 0.6) is 5.88 Å². The van der Waals surface area contributed by atoms with Crippen molar-refractivity contribution in [3.63, 3.8) is 0 Å². The van der Waals surface area contributed by atoms with Crippen LogP contribution in [0.15, 0.2) is 82.9 Å². The minimum Gasteiger partial charge on any atom is -0.454 e. The number of aryl methyl sites for hydroxylation is 1. The highest BCUT2D eigenvalue weighted by Crippen LogP contribution is 2.47. The Morgan fingerprint density at radius 1 is 1.11 bits per heavy atom. The van der Waals surface area contributed by atoms with Crippen molar-refractivity contribution in [2.45, 2.75) is 24.7 Å². The highest BCUT2D eigenvalue weighted by atomic mass is 16.5. The molecular formula is C28H22N6O2. The number of fused-ring (bicyclic) bond motifs is 2. The number of furan rings is 1. The first kappa shape index (κ1) is 20.6. The van der Waals surface area contributed by atoms with E-state index in [4.69, 9.17) is 20.0 Å². The molecule has 2 aliphatic rings. The number of allylic oxidation sites excluding steroid dienone is 1. The molecule has 8 nitrogen and oxygen atoms in total. The largest absolute Gasteiger partial charge is 0.454 e. The lowest BCUT2D eigenvalue weighted by atomic mass is 9.83. The molecule has 1 saturated carbocycles. The van der Waals surface area contributed by atoms with Crippen LogP contribution in [0.25, 0.3) is 28.1 Å². The van der Waals surface area contributed by atoms with E-state index in [0.717, 1.165) is 33.6 Å². The molecule has 0 bridgehead atoms. The van der Waals surface area contributed by atoms with Gasteiger partial charge in [0.25, 0.3) is 0 Å². The second-order valence-electron chi connectivity index (χ2n) is 9.29. The topological polar surface area (TPSA) is 108 Å². The maximum Gasteiger partial charge on any atom is 0.224 e. The molecule has 0 spiro atoms. The SMILES string of the molecule is Cn1nc(-c2cc3ccccc3o2)c2c1OC(N)=C(C#N)C2c1ccc(-n2ccnc2C2CC2)cc1. The summed E-state index contributed by atoms with van der Waals surface area (Å²) in [6, 6.07) is 20.2. The van der Waals surface area contributed by atoms with E-state index in [1.54, 1.807) is 11.7 Å². The van der Waals surface area contributed by atoms with E-state index in [-0.39, 0.29) is 5.88 Å². The number of para-hydroxylation sites is 1. The van der Waals surface area contributed by atoms with Crippen LogP contribution in [0.4, 0.5) is 0 Å². The Balaban J connectivity index is 1.37. The zero-order valence-corrected chi connectivity index (χ0v) is 19.5. The Morgan fingerprint density at radius 2 is 1.92 bits per heavy atom. The van der Waals surface area contributed by atoms with Gasteiger partial charge in [-0.25, -0.2) is 9.67 Å². The maximum atomic E-state index is 10.1. The third-order valence-corrected chi connectivity index (χ3v) is 6.97. The lowest BCUT2D eigenvalue weighted by Gasteiger charge is -2.24. The van der Waals surface area contributed by atoms with Crippen LogP contribution in [-0.2, 0) is 7.05 Å². The van der Waals surface area contributed by atoms with E-state index in [1.807, 2.05) is 54.9 Å². The monoisotopic (exact) mass is 474 g/mol. The molecule has 0 amide bonds. The molecule has 0 radical (unpaired) electrons. The summed E-state index contributed by atoms with van der Waals surface area (Å²) < 4.78 is 15.8. The number of nitrogens with zero attached hydrogens (tertiary/aromatic N) is 5. The minimum absolute atomic E-state index is 0.0869. The van der Waals surface area contributed by atoms with Gasteiger partial charge >= 0.3 is 0 Å². The van der Waals surface area contributed by atoms with Crippen molar-refractivity contribution in [1.29, 1.82) is 5.26 Å². The van der Waals surface area contributed by atoms with Crippen LogP contribution in [0.1, 0.15) is 41.6 Å². The average molecular weight is 475 g/mol. The lowest BCUT2D eigenvalue weighted by Crippen LogP contribution is -2.21. The summed E-state index contributed by atoms with van der Waals surface area (Å²) in [5, 5.41) is 15.8. The third-order valence-electron chi connectivity index (χ3n) is 6.97. The molecule has 1 aliphatic heterocycles. The zero-order chi connectivity index (χ0) is 24.4. The van der Waals surface area contributed by atoms with Crippen LogP contribution < -0.4 is 10.5 Å². The summed E-state index contributed by atoms with van der Waals surface area (Å²) in [6.45, 7) is 0. The van der Waals surface area contributed by atoms with Gasteiger partial charge in [-0.15, -0.1) is 0 Å². The fourth-order valence-electron chi connectivity index (χ4n) is 5.09. The highest BCUT2D eigenvalue weighted by Gasteiger charge is 2.37. The van der Waals surface area contributed by atoms with Gasteiger partial charge in [-0.2, -0.15) is 10.4 Å². The van der Waals surface area contributed by atoms with Gasteiger partial charge < -0.3 is 19.5 Å². The van der Waals surface area contributed by atoms with Gasteiger partial charge in [0.15, 0.2) is 5.76 Å². The molecule has 7 rings (SSSR count). The van der Waals surface area contributed by atoms with E-state index >= 15 is 0 Å². The minimum atomic E-state index is -0.449. The number of hydrogen-bond acceptors (Lipinski definition) is 6. The summed E-state index contributed by atoms with van der Waals surface area (Å²) in [6.07, 6.45) is 6.20. The Hall–Kier alpha value is -4.77. The summed E-state index contributed by atoms with van der Waals surface area (Å²) in [5.41, 5.74) is 10.7. The van der Waals surface area contributed by atoms with E-state index < -0.39 is 5.92 Å². The van der Waals surface area contributed by atoms with E-state index in [1.165, 1.54) is 12.8 Å². The molecule has 1 aliphatic carbocycles. The van der Waals surface area contributed by atoms with Gasteiger partial charge in [-0.1, -0.05) is 30.3 Å². The number of ether oxygens (including phenoxy) is 1. The van der Waals surface area contributed by atoms with Gasteiger partial charge in [-0.05, 0) is 42.7 Å². The number of aromatic nitrogens is 4. The standard InChI is InChI=1S/C28H22N6O2/c1-33-28-24(25(32-33)22-14-18-4-2-3-5-21(18)35-22)23(20(15-29)26(30)36-28)16-8-10-19(11-9-16)34-13-12-31-27(34)17-6-7-17/h2-5,8-14,17,23H,6-7,30H2,1H3. The van der Waals surface area contributed by atoms with Gasteiger partial charge in [0.1, 0.15) is 28.7 Å². The van der Waals surface area contributed by atoms with Crippen molar-refractivity contribution in [3.05, 3.63) is 95.4 Å². The van der Waals surface area contributed by atoms with E-state index in [9.17, 15) is 5.26 Å². The lowest BCUT2D eigenvalue weighted by molar-refractivity contribution is 0.358. The Morgan fingerprint density at radius 3 is 2.67 bits per heavy atom. The average Bonchev–Trinajstić information content (AvgIpc) is 3.32. The first-order valence-electron chi connectivity index (χ1n) is 11.9. The van der Waals surface area contributed by atoms with Crippen molar-refractivity contribution < 1.29 is 9.15 Å². The predicted octanol–water partition coefficient (Wildman–Crippen LogP) is 5.11. The van der Waals surface area contributed by atoms with Crippen molar-refractivity contribution in [2.75, 3.05) is 0 Å².